The van der Waals surface area contributed by atoms with Crippen LogP contribution in [0.5, 0.6) is 0 Å². The molecule has 11 heteroatoms. The van der Waals surface area contributed by atoms with Gasteiger partial charge in [-0.2, -0.15) is 4.98 Å². The molecule has 4 rings (SSSR count). The van der Waals surface area contributed by atoms with E-state index in [0.717, 1.165) is 0 Å². The van der Waals surface area contributed by atoms with Gasteiger partial charge >= 0.3 is 0 Å². The Balaban J connectivity index is 1.57. The van der Waals surface area contributed by atoms with E-state index in [-0.39, 0.29) is 29.7 Å². The zero-order chi connectivity index (χ0) is 23.5. The first kappa shape index (κ1) is 22.0. The van der Waals surface area contributed by atoms with Gasteiger partial charge in [0, 0.05) is 35.4 Å². The number of aromatic nitrogens is 2. The predicted molar refractivity (Wildman–Crippen MR) is 125 cm³/mol. The molecule has 3 aromatic rings. The molecule has 33 heavy (non-hydrogen) atoms. The Morgan fingerprint density at radius 2 is 1.73 bits per heavy atom. The molecule has 0 radical (unpaired) electrons. The average molecular weight is 467 g/mol. The molecule has 1 aliphatic rings. The molecular weight excluding hydrogens is 448 g/mol. The number of hydrogen-bond donors (Lipinski definition) is 5. The van der Waals surface area contributed by atoms with Gasteiger partial charge in [-0.05, 0) is 42.5 Å². The Labute approximate surface area is 192 Å². The van der Waals surface area contributed by atoms with E-state index in [1.165, 1.54) is 6.92 Å². The summed E-state index contributed by atoms with van der Waals surface area (Å²) >= 11 is 5.98. The molecule has 2 heterocycles. The van der Waals surface area contributed by atoms with E-state index in [2.05, 4.69) is 31.2 Å². The van der Waals surface area contributed by atoms with Crippen molar-refractivity contribution in [3.8, 4) is 0 Å². The van der Waals surface area contributed by atoms with Gasteiger partial charge in [0.15, 0.2) is 0 Å². The van der Waals surface area contributed by atoms with Crippen LogP contribution in [-0.4, -0.2) is 27.7 Å². The van der Waals surface area contributed by atoms with Crippen molar-refractivity contribution in [1.29, 1.82) is 0 Å². The summed E-state index contributed by atoms with van der Waals surface area (Å²) in [5.41, 5.74) is 1.13. The lowest BCUT2D eigenvalue weighted by molar-refractivity contribution is -0.123. The number of H-pyrrole nitrogens is 1. The van der Waals surface area contributed by atoms with E-state index in [0.29, 0.717) is 22.1 Å². The number of anilines is 5. The van der Waals surface area contributed by atoms with E-state index in [4.69, 9.17) is 11.6 Å². The molecule has 1 atom stereocenters. The zero-order valence-corrected chi connectivity index (χ0v) is 18.1. The summed E-state index contributed by atoms with van der Waals surface area (Å²) in [6, 6.07) is 13.3. The molecule has 1 aliphatic heterocycles. The number of carbonyl (C=O) groups excluding carboxylic acids is 3. The second kappa shape index (κ2) is 9.13. The monoisotopic (exact) mass is 466 g/mol. The predicted octanol–water partition coefficient (Wildman–Crippen LogP) is 3.19. The van der Waals surface area contributed by atoms with Crippen LogP contribution in [0.3, 0.4) is 0 Å². The molecule has 10 nitrogen and oxygen atoms in total. The fourth-order valence-electron chi connectivity index (χ4n) is 3.43. The van der Waals surface area contributed by atoms with Crippen LogP contribution in [0.25, 0.3) is 0 Å². The standard InChI is InChI=1S/C22H19ClN6O4/c1-11(30)24-13-5-7-14(8-6-13)25-20(32)16-10-17(31)27-19-18(16)21(33)29-22(28-19)26-15-4-2-3-12(23)9-15/h2-9,16H,10H2,1H3,(H,24,30)(H,25,32)(H3,26,27,28,29,31,33). The fourth-order valence-corrected chi connectivity index (χ4v) is 3.62. The molecule has 2 aromatic carbocycles. The normalized spacial score (nSPS) is 14.6. The van der Waals surface area contributed by atoms with Crippen LogP contribution in [0, 0.1) is 0 Å². The van der Waals surface area contributed by atoms with Crippen LogP contribution in [0.2, 0.25) is 5.02 Å². The number of halogens is 1. The van der Waals surface area contributed by atoms with Crippen molar-refractivity contribution in [3.63, 3.8) is 0 Å². The zero-order valence-electron chi connectivity index (χ0n) is 17.4. The SMILES string of the molecule is CC(=O)Nc1ccc(NC(=O)C2CC(=O)Nc3nc(Nc4cccc(Cl)c4)[nH]c(=O)c32)cc1. The highest BCUT2D eigenvalue weighted by Crippen LogP contribution is 2.30. The van der Waals surface area contributed by atoms with Gasteiger partial charge in [-0.3, -0.25) is 24.2 Å². The van der Waals surface area contributed by atoms with Crippen LogP contribution in [-0.2, 0) is 14.4 Å². The molecule has 0 bridgehead atoms. The summed E-state index contributed by atoms with van der Waals surface area (Å²) in [6.07, 6.45) is -0.200. The smallest absolute Gasteiger partial charge is 0.258 e. The van der Waals surface area contributed by atoms with Gasteiger partial charge in [0.2, 0.25) is 23.7 Å². The van der Waals surface area contributed by atoms with Crippen molar-refractivity contribution in [3.05, 3.63) is 69.5 Å². The third-order valence-electron chi connectivity index (χ3n) is 4.83. The van der Waals surface area contributed by atoms with E-state index < -0.39 is 23.3 Å². The van der Waals surface area contributed by atoms with Crippen molar-refractivity contribution in [2.75, 3.05) is 21.3 Å². The Bertz CT molecular complexity index is 1300. The van der Waals surface area contributed by atoms with Gasteiger partial charge in [-0.25, -0.2) is 0 Å². The van der Waals surface area contributed by atoms with Gasteiger partial charge in [0.25, 0.3) is 5.56 Å². The lowest BCUT2D eigenvalue weighted by atomic mass is 9.92. The second-order valence-corrected chi connectivity index (χ2v) is 7.80. The molecule has 0 saturated carbocycles. The first-order chi connectivity index (χ1) is 15.8. The van der Waals surface area contributed by atoms with Gasteiger partial charge in [-0.1, -0.05) is 17.7 Å². The number of nitrogens with one attached hydrogen (secondary N) is 5. The Morgan fingerprint density at radius 1 is 1.03 bits per heavy atom. The van der Waals surface area contributed by atoms with Crippen molar-refractivity contribution < 1.29 is 14.4 Å². The molecule has 0 saturated heterocycles. The van der Waals surface area contributed by atoms with E-state index >= 15 is 0 Å². The number of benzene rings is 2. The maximum Gasteiger partial charge on any atom is 0.258 e. The molecule has 5 N–H and O–H groups in total. The Hall–Kier alpha value is -4.18. The first-order valence-electron chi connectivity index (χ1n) is 9.93. The number of nitrogens with zero attached hydrogens (tertiary/aromatic N) is 1. The minimum Gasteiger partial charge on any atom is -0.326 e. The fraction of sp³-hybridized carbons (Fsp3) is 0.136. The molecule has 0 aliphatic carbocycles. The molecule has 1 aromatic heterocycles. The van der Waals surface area contributed by atoms with Crippen LogP contribution < -0.4 is 26.8 Å². The third-order valence-corrected chi connectivity index (χ3v) is 5.06. The summed E-state index contributed by atoms with van der Waals surface area (Å²) in [5, 5.41) is 11.3. The highest BCUT2D eigenvalue weighted by Gasteiger charge is 2.34. The topological polar surface area (TPSA) is 145 Å². The van der Waals surface area contributed by atoms with Gasteiger partial charge in [0.05, 0.1) is 11.5 Å². The maximum atomic E-state index is 12.9. The van der Waals surface area contributed by atoms with Crippen LogP contribution in [0.1, 0.15) is 24.8 Å². The van der Waals surface area contributed by atoms with E-state index in [9.17, 15) is 19.2 Å². The van der Waals surface area contributed by atoms with Gasteiger partial charge in [0.1, 0.15) is 5.82 Å². The summed E-state index contributed by atoms with van der Waals surface area (Å²) in [5.74, 6) is -2.10. The minimum absolute atomic E-state index is 0.0145. The molecular formula is C22H19ClN6O4. The van der Waals surface area contributed by atoms with Crippen molar-refractivity contribution in [1.82, 2.24) is 9.97 Å². The van der Waals surface area contributed by atoms with Crippen LogP contribution >= 0.6 is 11.6 Å². The van der Waals surface area contributed by atoms with Crippen LogP contribution in [0.4, 0.5) is 28.8 Å². The minimum atomic E-state index is -1.03. The molecule has 3 amide bonds. The molecule has 168 valence electrons. The molecule has 1 unspecified atom stereocenters. The Kier molecular flexibility index (Phi) is 6.09. The van der Waals surface area contributed by atoms with Crippen molar-refractivity contribution >= 4 is 58.2 Å². The summed E-state index contributed by atoms with van der Waals surface area (Å²) in [4.78, 5) is 56.0. The summed E-state index contributed by atoms with van der Waals surface area (Å²) < 4.78 is 0. The highest BCUT2D eigenvalue weighted by molar-refractivity contribution is 6.30. The number of aromatic amines is 1. The lowest BCUT2D eigenvalue weighted by Gasteiger charge is -2.23. The lowest BCUT2D eigenvalue weighted by Crippen LogP contribution is -2.36. The Morgan fingerprint density at radius 3 is 2.39 bits per heavy atom. The third kappa shape index (κ3) is 5.18. The van der Waals surface area contributed by atoms with E-state index in [1.807, 2.05) is 0 Å². The first-order valence-corrected chi connectivity index (χ1v) is 10.3. The number of amides is 3. The summed E-state index contributed by atoms with van der Waals surface area (Å²) in [7, 11) is 0. The average Bonchev–Trinajstić information content (AvgIpc) is 2.74. The van der Waals surface area contributed by atoms with Crippen molar-refractivity contribution in [2.45, 2.75) is 19.3 Å². The van der Waals surface area contributed by atoms with Gasteiger partial charge in [-0.15, -0.1) is 0 Å². The summed E-state index contributed by atoms with van der Waals surface area (Å²) in [6.45, 7) is 1.39. The molecule has 0 spiro atoms. The van der Waals surface area contributed by atoms with Gasteiger partial charge < -0.3 is 21.3 Å². The number of fused-ring (bicyclic) bond motifs is 1. The quantitative estimate of drug-likeness (QED) is 0.390. The number of rotatable bonds is 5. The maximum absolute atomic E-state index is 12.9. The van der Waals surface area contributed by atoms with Crippen molar-refractivity contribution in [2.24, 2.45) is 0 Å². The number of carbonyl (C=O) groups is 3. The van der Waals surface area contributed by atoms with E-state index in [1.54, 1.807) is 48.5 Å². The second-order valence-electron chi connectivity index (χ2n) is 7.36. The largest absolute Gasteiger partial charge is 0.326 e. The highest BCUT2D eigenvalue weighted by atomic mass is 35.5. The van der Waals surface area contributed by atoms with Crippen LogP contribution in [0.15, 0.2) is 53.3 Å². The number of hydrogen-bond acceptors (Lipinski definition) is 6. The molecule has 0 fully saturated rings.